The maximum absolute atomic E-state index is 5.65. The van der Waals surface area contributed by atoms with Crippen LogP contribution in [0.3, 0.4) is 0 Å². The average Bonchev–Trinajstić information content (AvgIpc) is 2.85. The summed E-state index contributed by atoms with van der Waals surface area (Å²) in [5.74, 6) is -0.406. The van der Waals surface area contributed by atoms with Crippen molar-refractivity contribution in [3.8, 4) is 0 Å². The molecule has 1 aromatic rings. The normalized spacial score (nSPS) is 18.4. The number of hydrogen-bond acceptors (Lipinski definition) is 3. The molecule has 94 valence electrons. The van der Waals surface area contributed by atoms with Crippen LogP contribution in [-0.4, -0.2) is 30.0 Å². The standard InChI is InChI=1S/C13H17IO3/c14-11-13(16-8-9-17-13)6-7-15-10-12-4-2-1-3-5-12/h1-5H,6-11H2. The second-order valence-electron chi connectivity index (χ2n) is 4.03. The third-order valence-electron chi connectivity index (χ3n) is 2.76. The zero-order chi connectivity index (χ0) is 12.0. The molecule has 2 rings (SSSR count). The van der Waals surface area contributed by atoms with E-state index >= 15 is 0 Å². The van der Waals surface area contributed by atoms with E-state index < -0.39 is 5.79 Å². The minimum Gasteiger partial charge on any atom is -0.377 e. The lowest BCUT2D eigenvalue weighted by Crippen LogP contribution is -2.33. The van der Waals surface area contributed by atoms with Gasteiger partial charge >= 0.3 is 0 Å². The minimum atomic E-state index is -0.406. The summed E-state index contributed by atoms with van der Waals surface area (Å²) in [6.07, 6.45) is 0.794. The molecule has 1 heterocycles. The molecule has 4 heteroatoms. The second kappa shape index (κ2) is 6.68. The Labute approximate surface area is 116 Å². The second-order valence-corrected chi connectivity index (χ2v) is 4.79. The topological polar surface area (TPSA) is 27.7 Å². The SMILES string of the molecule is ICC1(CCOCc2ccccc2)OCCO1. The van der Waals surface area contributed by atoms with Crippen LogP contribution in [0.2, 0.25) is 0 Å². The number of rotatable bonds is 6. The Hall–Kier alpha value is -0.170. The molecule has 0 spiro atoms. The first-order valence-corrected chi connectivity index (χ1v) is 7.33. The summed E-state index contributed by atoms with van der Waals surface area (Å²) in [5, 5.41) is 0. The molecule has 0 radical (unpaired) electrons. The summed E-state index contributed by atoms with van der Waals surface area (Å²) in [6, 6.07) is 10.2. The fourth-order valence-corrected chi connectivity index (χ4v) is 2.60. The Morgan fingerprint density at radius 3 is 2.53 bits per heavy atom. The van der Waals surface area contributed by atoms with E-state index in [4.69, 9.17) is 14.2 Å². The van der Waals surface area contributed by atoms with E-state index in [1.807, 2.05) is 18.2 Å². The molecule has 0 saturated carbocycles. The van der Waals surface area contributed by atoms with Crippen LogP contribution in [0.25, 0.3) is 0 Å². The smallest absolute Gasteiger partial charge is 0.179 e. The Morgan fingerprint density at radius 1 is 1.18 bits per heavy atom. The van der Waals surface area contributed by atoms with Crippen molar-refractivity contribution in [2.24, 2.45) is 0 Å². The fraction of sp³-hybridized carbons (Fsp3) is 0.538. The lowest BCUT2D eigenvalue weighted by Gasteiger charge is -2.24. The van der Waals surface area contributed by atoms with Gasteiger partial charge in [0.1, 0.15) is 0 Å². The van der Waals surface area contributed by atoms with Crippen LogP contribution in [-0.2, 0) is 20.8 Å². The summed E-state index contributed by atoms with van der Waals surface area (Å²) >= 11 is 2.30. The van der Waals surface area contributed by atoms with Gasteiger partial charge in [-0.1, -0.05) is 52.9 Å². The Kier molecular flexibility index (Phi) is 5.21. The van der Waals surface area contributed by atoms with Crippen LogP contribution < -0.4 is 0 Å². The van der Waals surface area contributed by atoms with Gasteiger partial charge in [-0.2, -0.15) is 0 Å². The summed E-state index contributed by atoms with van der Waals surface area (Å²) < 4.78 is 17.8. The zero-order valence-electron chi connectivity index (χ0n) is 9.73. The monoisotopic (exact) mass is 348 g/mol. The molecule has 0 amide bonds. The van der Waals surface area contributed by atoms with Crippen molar-refractivity contribution in [1.82, 2.24) is 0 Å². The molecule has 0 bridgehead atoms. The van der Waals surface area contributed by atoms with Crippen molar-refractivity contribution in [2.45, 2.75) is 18.8 Å². The van der Waals surface area contributed by atoms with E-state index in [0.717, 1.165) is 10.8 Å². The molecule has 1 saturated heterocycles. The van der Waals surface area contributed by atoms with E-state index in [-0.39, 0.29) is 0 Å². The highest BCUT2D eigenvalue weighted by molar-refractivity contribution is 14.1. The molecule has 0 unspecified atom stereocenters. The van der Waals surface area contributed by atoms with E-state index in [0.29, 0.717) is 26.4 Å². The number of ether oxygens (including phenoxy) is 3. The first-order chi connectivity index (χ1) is 8.35. The van der Waals surface area contributed by atoms with Crippen LogP contribution in [0.5, 0.6) is 0 Å². The number of halogens is 1. The van der Waals surface area contributed by atoms with E-state index in [1.54, 1.807) is 0 Å². The lowest BCUT2D eigenvalue weighted by molar-refractivity contribution is -0.149. The number of benzene rings is 1. The maximum Gasteiger partial charge on any atom is 0.179 e. The molecule has 0 N–H and O–H groups in total. The summed E-state index contributed by atoms with van der Waals surface area (Å²) in [7, 11) is 0. The molecule has 0 aromatic heterocycles. The summed E-state index contributed by atoms with van der Waals surface area (Å²) in [6.45, 7) is 2.71. The van der Waals surface area contributed by atoms with Gasteiger partial charge in [-0.15, -0.1) is 0 Å². The van der Waals surface area contributed by atoms with E-state index in [9.17, 15) is 0 Å². The minimum absolute atomic E-state index is 0.406. The molecule has 3 nitrogen and oxygen atoms in total. The van der Waals surface area contributed by atoms with Crippen LogP contribution in [0.15, 0.2) is 30.3 Å². The van der Waals surface area contributed by atoms with Crippen molar-refractivity contribution >= 4 is 22.6 Å². The highest BCUT2D eigenvalue weighted by Crippen LogP contribution is 2.25. The molecule has 0 aliphatic carbocycles. The highest BCUT2D eigenvalue weighted by Gasteiger charge is 2.34. The maximum atomic E-state index is 5.65. The van der Waals surface area contributed by atoms with Crippen LogP contribution in [0.4, 0.5) is 0 Å². The average molecular weight is 348 g/mol. The first-order valence-electron chi connectivity index (χ1n) is 5.80. The van der Waals surface area contributed by atoms with Crippen molar-refractivity contribution < 1.29 is 14.2 Å². The van der Waals surface area contributed by atoms with E-state index in [1.165, 1.54) is 5.56 Å². The molecule has 1 aromatic carbocycles. The third-order valence-corrected chi connectivity index (χ3v) is 3.92. The first kappa shape index (κ1) is 13.3. The van der Waals surface area contributed by atoms with Crippen LogP contribution in [0.1, 0.15) is 12.0 Å². The fourth-order valence-electron chi connectivity index (χ4n) is 1.78. The molecule has 1 aliphatic rings. The predicted octanol–water partition coefficient (Wildman–Crippen LogP) is 2.77. The van der Waals surface area contributed by atoms with Crippen LogP contribution in [0, 0.1) is 0 Å². The molecular formula is C13H17IO3. The van der Waals surface area contributed by atoms with Gasteiger partial charge in [0.15, 0.2) is 5.79 Å². The largest absolute Gasteiger partial charge is 0.377 e. The summed E-state index contributed by atoms with van der Waals surface area (Å²) in [5.41, 5.74) is 1.20. The van der Waals surface area contributed by atoms with E-state index in [2.05, 4.69) is 34.7 Å². The number of alkyl halides is 1. The highest BCUT2D eigenvalue weighted by atomic mass is 127. The molecule has 1 aliphatic heterocycles. The third kappa shape index (κ3) is 3.91. The van der Waals surface area contributed by atoms with Crippen molar-refractivity contribution in [1.29, 1.82) is 0 Å². The van der Waals surface area contributed by atoms with Gasteiger partial charge in [-0.25, -0.2) is 0 Å². The lowest BCUT2D eigenvalue weighted by atomic mass is 10.2. The van der Waals surface area contributed by atoms with Gasteiger partial charge in [0.2, 0.25) is 0 Å². The summed E-state index contributed by atoms with van der Waals surface area (Å²) in [4.78, 5) is 0. The Morgan fingerprint density at radius 2 is 1.88 bits per heavy atom. The molecular weight excluding hydrogens is 331 g/mol. The van der Waals surface area contributed by atoms with Crippen molar-refractivity contribution in [3.63, 3.8) is 0 Å². The van der Waals surface area contributed by atoms with Crippen molar-refractivity contribution in [3.05, 3.63) is 35.9 Å². The van der Waals surface area contributed by atoms with Crippen LogP contribution >= 0.6 is 22.6 Å². The molecule has 1 fully saturated rings. The Bertz CT molecular complexity index is 323. The predicted molar refractivity (Wildman–Crippen MR) is 74.2 cm³/mol. The van der Waals surface area contributed by atoms with Gasteiger partial charge in [-0.3, -0.25) is 0 Å². The van der Waals surface area contributed by atoms with Gasteiger partial charge in [0.25, 0.3) is 0 Å². The van der Waals surface area contributed by atoms with Crippen molar-refractivity contribution in [2.75, 3.05) is 24.2 Å². The van der Waals surface area contributed by atoms with Gasteiger partial charge in [0.05, 0.1) is 30.9 Å². The van der Waals surface area contributed by atoms with Gasteiger partial charge < -0.3 is 14.2 Å². The molecule has 0 atom stereocenters. The van der Waals surface area contributed by atoms with Gasteiger partial charge in [-0.05, 0) is 5.56 Å². The Balaban J connectivity index is 1.69. The zero-order valence-corrected chi connectivity index (χ0v) is 11.9. The van der Waals surface area contributed by atoms with Gasteiger partial charge in [0, 0.05) is 6.42 Å². The number of hydrogen-bond donors (Lipinski definition) is 0. The quantitative estimate of drug-likeness (QED) is 0.450. The molecule has 17 heavy (non-hydrogen) atoms.